The fourth-order valence-electron chi connectivity index (χ4n) is 3.98. The van der Waals surface area contributed by atoms with Gasteiger partial charge in [-0.1, -0.05) is 45.0 Å². The van der Waals surface area contributed by atoms with Crippen LogP contribution in [0.15, 0.2) is 42.5 Å². The number of nitrogens with one attached hydrogen (secondary N) is 1. The monoisotopic (exact) mass is 421 g/mol. The maximum Gasteiger partial charge on any atom is 0.251 e. The molecule has 2 aromatic rings. The lowest BCUT2D eigenvalue weighted by Gasteiger charge is -2.38. The van der Waals surface area contributed by atoms with E-state index >= 15 is 0 Å². The molecular weight excluding hydrogens is 386 g/mol. The number of aryl methyl sites for hydroxylation is 1. The lowest BCUT2D eigenvalue weighted by molar-refractivity contribution is -0.133. The van der Waals surface area contributed by atoms with E-state index in [2.05, 4.69) is 63.0 Å². The molecule has 0 spiro atoms. The van der Waals surface area contributed by atoms with E-state index in [1.54, 1.807) is 6.92 Å². The molecule has 5 nitrogen and oxygen atoms in total. The minimum absolute atomic E-state index is 0.0275. The molecule has 1 aliphatic rings. The molecule has 2 amide bonds. The van der Waals surface area contributed by atoms with Crippen LogP contribution in [0.25, 0.3) is 0 Å². The fraction of sp³-hybridized carbons (Fsp3) is 0.462. The summed E-state index contributed by atoms with van der Waals surface area (Å²) in [5.74, 6) is -0.240. The first-order chi connectivity index (χ1) is 14.6. The third-order valence-electron chi connectivity index (χ3n) is 6.24. The van der Waals surface area contributed by atoms with Crippen molar-refractivity contribution in [2.45, 2.75) is 53.0 Å². The summed E-state index contributed by atoms with van der Waals surface area (Å²) in [6.07, 6.45) is 0. The van der Waals surface area contributed by atoms with E-state index < -0.39 is 6.04 Å². The van der Waals surface area contributed by atoms with Crippen LogP contribution in [0.5, 0.6) is 0 Å². The number of nitrogens with zero attached hydrogens (tertiary/aromatic N) is 2. The predicted octanol–water partition coefficient (Wildman–Crippen LogP) is 4.07. The molecule has 1 aliphatic heterocycles. The van der Waals surface area contributed by atoms with Crippen LogP contribution in [-0.4, -0.2) is 48.9 Å². The van der Waals surface area contributed by atoms with Gasteiger partial charge in [-0.15, -0.1) is 0 Å². The Morgan fingerprint density at radius 3 is 2.13 bits per heavy atom. The van der Waals surface area contributed by atoms with Gasteiger partial charge in [-0.3, -0.25) is 9.59 Å². The standard InChI is InChI=1S/C26H35N3O2/c1-18-8-7-9-23(19(18)2)28-14-16-29(17-15-28)25(31)20(3)27-24(30)21-10-12-22(13-11-21)26(4,5)6/h7-13,20H,14-17H2,1-6H3,(H,27,30). The minimum Gasteiger partial charge on any atom is -0.368 e. The minimum atomic E-state index is -0.554. The van der Waals surface area contributed by atoms with Gasteiger partial charge >= 0.3 is 0 Å². The molecule has 1 atom stereocenters. The van der Waals surface area contributed by atoms with Gasteiger partial charge in [0.25, 0.3) is 5.91 Å². The molecular formula is C26H35N3O2. The second-order valence-electron chi connectivity index (χ2n) is 9.55. The molecule has 0 aliphatic carbocycles. The van der Waals surface area contributed by atoms with Crippen LogP contribution >= 0.6 is 0 Å². The van der Waals surface area contributed by atoms with Gasteiger partial charge in [-0.2, -0.15) is 0 Å². The average Bonchev–Trinajstić information content (AvgIpc) is 2.74. The Hall–Kier alpha value is -2.82. The molecule has 1 saturated heterocycles. The maximum atomic E-state index is 12.9. The molecule has 3 rings (SSSR count). The first-order valence-corrected chi connectivity index (χ1v) is 11.1. The molecule has 1 heterocycles. The van der Waals surface area contributed by atoms with E-state index in [1.807, 2.05) is 29.2 Å². The fourth-order valence-corrected chi connectivity index (χ4v) is 3.98. The first-order valence-electron chi connectivity index (χ1n) is 11.1. The van der Waals surface area contributed by atoms with E-state index in [1.165, 1.54) is 22.4 Å². The number of hydrogen-bond donors (Lipinski definition) is 1. The molecule has 0 aromatic heterocycles. The molecule has 166 valence electrons. The zero-order valence-corrected chi connectivity index (χ0v) is 19.7. The van der Waals surface area contributed by atoms with E-state index in [-0.39, 0.29) is 17.2 Å². The van der Waals surface area contributed by atoms with Crippen molar-refractivity contribution in [1.82, 2.24) is 10.2 Å². The van der Waals surface area contributed by atoms with Gasteiger partial charge in [0.2, 0.25) is 5.91 Å². The van der Waals surface area contributed by atoms with Crippen LogP contribution in [-0.2, 0) is 10.2 Å². The Morgan fingerprint density at radius 2 is 1.55 bits per heavy atom. The van der Waals surface area contributed by atoms with Crippen LogP contribution < -0.4 is 10.2 Å². The van der Waals surface area contributed by atoms with E-state index in [4.69, 9.17) is 0 Å². The van der Waals surface area contributed by atoms with E-state index in [0.717, 1.165) is 13.1 Å². The maximum absolute atomic E-state index is 12.9. The van der Waals surface area contributed by atoms with E-state index in [0.29, 0.717) is 18.7 Å². The lowest BCUT2D eigenvalue weighted by atomic mass is 9.86. The van der Waals surface area contributed by atoms with Gasteiger partial charge < -0.3 is 15.1 Å². The summed E-state index contributed by atoms with van der Waals surface area (Å²) in [4.78, 5) is 29.7. The predicted molar refractivity (Wildman–Crippen MR) is 127 cm³/mol. The number of hydrogen-bond acceptors (Lipinski definition) is 3. The highest BCUT2D eigenvalue weighted by Gasteiger charge is 2.27. The Balaban J connectivity index is 1.56. The zero-order chi connectivity index (χ0) is 22.8. The molecule has 1 unspecified atom stereocenters. The number of carbonyl (C=O) groups is 2. The number of anilines is 1. The van der Waals surface area contributed by atoms with Crippen molar-refractivity contribution in [1.29, 1.82) is 0 Å². The van der Waals surface area contributed by atoms with Crippen LogP contribution in [0.4, 0.5) is 5.69 Å². The summed E-state index contributed by atoms with van der Waals surface area (Å²) in [6.45, 7) is 15.4. The number of benzene rings is 2. The van der Waals surface area contributed by atoms with Gasteiger partial charge in [-0.25, -0.2) is 0 Å². The highest BCUT2D eigenvalue weighted by atomic mass is 16.2. The smallest absolute Gasteiger partial charge is 0.251 e. The molecule has 0 bridgehead atoms. The van der Waals surface area contributed by atoms with Crippen molar-refractivity contribution in [3.8, 4) is 0 Å². The normalized spacial score (nSPS) is 15.5. The first kappa shape index (κ1) is 22.9. The Morgan fingerprint density at radius 1 is 0.935 bits per heavy atom. The van der Waals surface area contributed by atoms with Crippen LogP contribution in [0.3, 0.4) is 0 Å². The van der Waals surface area contributed by atoms with Crippen molar-refractivity contribution in [3.63, 3.8) is 0 Å². The van der Waals surface area contributed by atoms with Crippen molar-refractivity contribution >= 4 is 17.5 Å². The lowest BCUT2D eigenvalue weighted by Crippen LogP contribution is -2.54. The number of rotatable bonds is 4. The van der Waals surface area contributed by atoms with Gasteiger partial charge in [0.1, 0.15) is 6.04 Å². The van der Waals surface area contributed by atoms with Crippen LogP contribution in [0, 0.1) is 13.8 Å². The zero-order valence-electron chi connectivity index (χ0n) is 19.7. The largest absolute Gasteiger partial charge is 0.368 e. The second-order valence-corrected chi connectivity index (χ2v) is 9.55. The Bertz CT molecular complexity index is 936. The van der Waals surface area contributed by atoms with Crippen LogP contribution in [0.2, 0.25) is 0 Å². The van der Waals surface area contributed by atoms with Crippen molar-refractivity contribution < 1.29 is 9.59 Å². The summed E-state index contributed by atoms with van der Waals surface area (Å²) < 4.78 is 0. The SMILES string of the molecule is Cc1cccc(N2CCN(C(=O)C(C)NC(=O)c3ccc(C(C)(C)C)cc3)CC2)c1C. The summed E-state index contributed by atoms with van der Waals surface area (Å²) >= 11 is 0. The molecule has 5 heteroatoms. The number of amides is 2. The molecule has 1 fully saturated rings. The molecule has 0 radical (unpaired) electrons. The number of piperazine rings is 1. The second kappa shape index (κ2) is 9.13. The third kappa shape index (κ3) is 5.27. The quantitative estimate of drug-likeness (QED) is 0.810. The van der Waals surface area contributed by atoms with E-state index in [9.17, 15) is 9.59 Å². The molecule has 1 N–H and O–H groups in total. The van der Waals surface area contributed by atoms with Gasteiger partial charge in [-0.05, 0) is 61.1 Å². The highest BCUT2D eigenvalue weighted by molar-refractivity contribution is 5.97. The molecule has 31 heavy (non-hydrogen) atoms. The molecule has 0 saturated carbocycles. The average molecular weight is 422 g/mol. The Kier molecular flexibility index (Phi) is 6.73. The van der Waals surface area contributed by atoms with Crippen molar-refractivity contribution in [3.05, 3.63) is 64.7 Å². The number of carbonyl (C=O) groups excluding carboxylic acids is 2. The third-order valence-corrected chi connectivity index (χ3v) is 6.24. The highest BCUT2D eigenvalue weighted by Crippen LogP contribution is 2.24. The molecule has 2 aromatic carbocycles. The van der Waals surface area contributed by atoms with Crippen LogP contribution in [0.1, 0.15) is 54.7 Å². The van der Waals surface area contributed by atoms with Gasteiger partial charge in [0, 0.05) is 37.4 Å². The topological polar surface area (TPSA) is 52.6 Å². The van der Waals surface area contributed by atoms with Gasteiger partial charge in [0.05, 0.1) is 0 Å². The summed E-state index contributed by atoms with van der Waals surface area (Å²) in [7, 11) is 0. The van der Waals surface area contributed by atoms with Crippen molar-refractivity contribution in [2.75, 3.05) is 31.1 Å². The summed E-state index contributed by atoms with van der Waals surface area (Å²) in [5.41, 5.74) is 5.61. The Labute approximate surface area is 186 Å². The van der Waals surface area contributed by atoms with Crippen molar-refractivity contribution in [2.24, 2.45) is 0 Å². The summed E-state index contributed by atoms with van der Waals surface area (Å²) in [5, 5.41) is 2.87. The summed E-state index contributed by atoms with van der Waals surface area (Å²) in [6, 6.07) is 13.4. The van der Waals surface area contributed by atoms with Gasteiger partial charge in [0.15, 0.2) is 0 Å².